The van der Waals surface area contributed by atoms with E-state index in [1.807, 2.05) is 18.8 Å². The molecule has 1 aromatic rings. The Morgan fingerprint density at radius 1 is 1.35 bits per heavy atom. The maximum absolute atomic E-state index is 6.02. The van der Waals surface area contributed by atoms with Crippen molar-refractivity contribution in [3.05, 3.63) is 30.3 Å². The third-order valence-corrected chi connectivity index (χ3v) is 7.30. The van der Waals surface area contributed by atoms with Crippen LogP contribution >= 0.6 is 35.7 Å². The molecule has 4 atom stereocenters. The Balaban J connectivity index is 0.00000196. The van der Waals surface area contributed by atoms with Crippen LogP contribution in [0.4, 0.5) is 0 Å². The maximum atomic E-state index is 6.02. The van der Waals surface area contributed by atoms with Gasteiger partial charge in [0.05, 0.1) is 6.10 Å². The minimum absolute atomic E-state index is 0. The molecule has 3 fully saturated rings. The molecule has 144 valence electrons. The Morgan fingerprint density at radius 2 is 2.12 bits per heavy atom. The Morgan fingerprint density at radius 3 is 2.77 bits per heavy atom. The number of nitrogens with zero attached hydrogens (tertiary/aromatic N) is 1. The first-order valence-electron chi connectivity index (χ1n) is 9.53. The molecule has 4 rings (SSSR count). The number of ether oxygens (including phenoxy) is 1. The first-order chi connectivity index (χ1) is 12.2. The molecule has 2 saturated carbocycles. The summed E-state index contributed by atoms with van der Waals surface area (Å²) in [5.74, 6) is 1.62. The first-order valence-corrected chi connectivity index (χ1v) is 10.4. The molecule has 26 heavy (non-hydrogen) atoms. The fourth-order valence-corrected chi connectivity index (χ4v) is 5.76. The molecule has 1 aromatic carbocycles. The van der Waals surface area contributed by atoms with Crippen LogP contribution in [0, 0.1) is 11.3 Å². The quantitative estimate of drug-likeness (QED) is 0.286. The molecule has 1 heterocycles. The highest BCUT2D eigenvalue weighted by molar-refractivity contribution is 14.0. The number of hydrogen-bond acceptors (Lipinski definition) is 3. The average Bonchev–Trinajstić information content (AvgIpc) is 2.99. The summed E-state index contributed by atoms with van der Waals surface area (Å²) in [6.45, 7) is 4.10. The van der Waals surface area contributed by atoms with E-state index in [-0.39, 0.29) is 24.0 Å². The highest BCUT2D eigenvalue weighted by Gasteiger charge is 2.66. The molecule has 6 heteroatoms. The number of nitrogens with one attached hydrogen (secondary N) is 2. The SMILES string of the molecule is CN=C(NCC(C)Sc1ccccc1)NC1C2CCOC2C12CCC2.I. The lowest BCUT2D eigenvalue weighted by molar-refractivity contribution is -0.171. The zero-order valence-electron chi connectivity index (χ0n) is 15.6. The van der Waals surface area contributed by atoms with Crippen LogP contribution in [0.5, 0.6) is 0 Å². The van der Waals surface area contributed by atoms with Crippen molar-refractivity contribution in [1.82, 2.24) is 10.6 Å². The van der Waals surface area contributed by atoms with E-state index in [0.717, 1.165) is 19.1 Å². The van der Waals surface area contributed by atoms with Gasteiger partial charge in [0.1, 0.15) is 0 Å². The molecule has 0 amide bonds. The largest absolute Gasteiger partial charge is 0.377 e. The van der Waals surface area contributed by atoms with Crippen LogP contribution in [0.25, 0.3) is 0 Å². The summed E-state index contributed by atoms with van der Waals surface area (Å²) < 4.78 is 6.02. The molecule has 2 N–H and O–H groups in total. The van der Waals surface area contributed by atoms with Gasteiger partial charge < -0.3 is 15.4 Å². The van der Waals surface area contributed by atoms with Crippen LogP contribution in [0.2, 0.25) is 0 Å². The number of benzene rings is 1. The maximum Gasteiger partial charge on any atom is 0.191 e. The number of rotatable bonds is 5. The monoisotopic (exact) mass is 487 g/mol. The van der Waals surface area contributed by atoms with Gasteiger partial charge in [0, 0.05) is 47.7 Å². The summed E-state index contributed by atoms with van der Waals surface area (Å²) in [4.78, 5) is 5.79. The second kappa shape index (κ2) is 8.69. The molecule has 4 unspecified atom stereocenters. The van der Waals surface area contributed by atoms with Gasteiger partial charge in [0.25, 0.3) is 0 Å². The van der Waals surface area contributed by atoms with Gasteiger partial charge >= 0.3 is 0 Å². The van der Waals surface area contributed by atoms with Crippen molar-refractivity contribution >= 4 is 41.7 Å². The molecule has 3 aliphatic rings. The van der Waals surface area contributed by atoms with Crippen molar-refractivity contribution in [3.63, 3.8) is 0 Å². The van der Waals surface area contributed by atoms with Crippen molar-refractivity contribution in [3.8, 4) is 0 Å². The Labute approximate surface area is 178 Å². The van der Waals surface area contributed by atoms with E-state index >= 15 is 0 Å². The number of thioether (sulfide) groups is 1. The number of hydrogen-bond donors (Lipinski definition) is 2. The van der Waals surface area contributed by atoms with Crippen molar-refractivity contribution in [2.45, 2.75) is 54.9 Å². The summed E-state index contributed by atoms with van der Waals surface area (Å²) in [5, 5.41) is 7.76. The number of aliphatic imine (C=N–C) groups is 1. The van der Waals surface area contributed by atoms with E-state index in [1.165, 1.54) is 30.6 Å². The highest BCUT2D eigenvalue weighted by Crippen LogP contribution is 2.62. The third kappa shape index (κ3) is 3.74. The minimum Gasteiger partial charge on any atom is -0.377 e. The second-order valence-corrected chi connectivity index (χ2v) is 9.16. The van der Waals surface area contributed by atoms with Crippen LogP contribution in [-0.4, -0.2) is 43.6 Å². The van der Waals surface area contributed by atoms with Crippen LogP contribution in [-0.2, 0) is 4.74 Å². The summed E-state index contributed by atoms with van der Waals surface area (Å²) in [6.07, 6.45) is 5.67. The fraction of sp³-hybridized carbons (Fsp3) is 0.650. The topological polar surface area (TPSA) is 45.7 Å². The normalized spacial score (nSPS) is 29.8. The predicted molar refractivity (Wildman–Crippen MR) is 120 cm³/mol. The molecule has 0 radical (unpaired) electrons. The molecule has 0 bridgehead atoms. The lowest BCUT2D eigenvalue weighted by Gasteiger charge is -2.63. The van der Waals surface area contributed by atoms with Crippen molar-refractivity contribution in [2.24, 2.45) is 16.3 Å². The van der Waals surface area contributed by atoms with Gasteiger partial charge in [-0.15, -0.1) is 35.7 Å². The van der Waals surface area contributed by atoms with Crippen LogP contribution < -0.4 is 10.6 Å². The Hall–Kier alpha value is -0.470. The third-order valence-electron chi connectivity index (χ3n) is 6.19. The van der Waals surface area contributed by atoms with Gasteiger partial charge in [0.2, 0.25) is 0 Å². The second-order valence-electron chi connectivity index (χ2n) is 7.65. The zero-order chi connectivity index (χ0) is 17.3. The van der Waals surface area contributed by atoms with E-state index in [0.29, 0.717) is 28.7 Å². The van der Waals surface area contributed by atoms with Crippen molar-refractivity contribution in [2.75, 3.05) is 20.2 Å². The Kier molecular flexibility index (Phi) is 6.78. The van der Waals surface area contributed by atoms with Gasteiger partial charge in [-0.2, -0.15) is 0 Å². The van der Waals surface area contributed by atoms with Gasteiger partial charge in [0.15, 0.2) is 5.96 Å². The zero-order valence-corrected chi connectivity index (χ0v) is 18.8. The van der Waals surface area contributed by atoms with E-state index in [2.05, 4.69) is 52.9 Å². The summed E-state index contributed by atoms with van der Waals surface area (Å²) in [7, 11) is 1.87. The van der Waals surface area contributed by atoms with Crippen LogP contribution in [0.3, 0.4) is 0 Å². The van der Waals surface area contributed by atoms with E-state index < -0.39 is 0 Å². The Bertz CT molecular complexity index is 623. The molecule has 2 aliphatic carbocycles. The minimum atomic E-state index is 0. The molecule has 0 aromatic heterocycles. The van der Waals surface area contributed by atoms with Gasteiger partial charge in [-0.3, -0.25) is 4.99 Å². The molecule has 1 saturated heterocycles. The highest BCUT2D eigenvalue weighted by atomic mass is 127. The van der Waals surface area contributed by atoms with Gasteiger partial charge in [-0.25, -0.2) is 0 Å². The van der Waals surface area contributed by atoms with Gasteiger partial charge in [-0.05, 0) is 31.4 Å². The lowest BCUT2D eigenvalue weighted by atomic mass is 9.46. The molecule has 1 spiro atoms. The van der Waals surface area contributed by atoms with Crippen LogP contribution in [0.15, 0.2) is 40.2 Å². The molecular weight excluding hydrogens is 457 g/mol. The van der Waals surface area contributed by atoms with E-state index in [4.69, 9.17) is 4.74 Å². The number of guanidine groups is 1. The first kappa shape index (κ1) is 20.3. The smallest absolute Gasteiger partial charge is 0.191 e. The molecule has 4 nitrogen and oxygen atoms in total. The fourth-order valence-electron chi connectivity index (χ4n) is 4.81. The van der Waals surface area contributed by atoms with E-state index in [9.17, 15) is 0 Å². The van der Waals surface area contributed by atoms with Crippen LogP contribution in [0.1, 0.15) is 32.6 Å². The summed E-state index contributed by atoms with van der Waals surface area (Å²) >= 11 is 1.90. The standard InChI is InChI=1S/C20H29N3OS.HI/c1-14(25-15-7-4-3-5-8-15)13-22-19(21-2)23-17-16-9-12-24-18(16)20(17)10-6-11-20;/h3-5,7-8,14,16-18H,6,9-13H2,1-2H3,(H2,21,22,23);1H. The number of fused-ring (bicyclic) bond motifs is 2. The number of halogens is 1. The summed E-state index contributed by atoms with van der Waals surface area (Å²) in [5.41, 5.74) is 0.392. The lowest BCUT2D eigenvalue weighted by Crippen LogP contribution is -2.72. The summed E-state index contributed by atoms with van der Waals surface area (Å²) in [6, 6.07) is 11.1. The predicted octanol–water partition coefficient (Wildman–Crippen LogP) is 3.91. The van der Waals surface area contributed by atoms with Crippen molar-refractivity contribution < 1.29 is 4.74 Å². The van der Waals surface area contributed by atoms with Gasteiger partial charge in [-0.1, -0.05) is 31.5 Å². The molecular formula is C20H30IN3OS. The van der Waals surface area contributed by atoms with E-state index in [1.54, 1.807) is 0 Å². The average molecular weight is 487 g/mol. The molecule has 1 aliphatic heterocycles. The van der Waals surface area contributed by atoms with Crippen molar-refractivity contribution in [1.29, 1.82) is 0 Å².